The second-order valence-corrected chi connectivity index (χ2v) is 5.82. The number of hydrogen-bond donors (Lipinski definition) is 0. The monoisotopic (exact) mass is 275 g/mol. The van der Waals surface area contributed by atoms with Crippen LogP contribution in [0.2, 0.25) is 0 Å². The van der Waals surface area contributed by atoms with Crippen molar-refractivity contribution < 1.29 is 9.53 Å². The molecule has 0 amide bonds. The van der Waals surface area contributed by atoms with Crippen molar-refractivity contribution >= 4 is 5.97 Å². The molecular weight excluding hydrogens is 250 g/mol. The third-order valence-corrected chi connectivity index (χ3v) is 3.77. The van der Waals surface area contributed by atoms with Gasteiger partial charge >= 0.3 is 5.97 Å². The fourth-order valence-corrected chi connectivity index (χ4v) is 2.71. The highest BCUT2D eigenvalue weighted by Crippen LogP contribution is 2.18. The van der Waals surface area contributed by atoms with Crippen LogP contribution in [-0.4, -0.2) is 30.6 Å². The molecule has 1 aromatic carbocycles. The smallest absolute Gasteiger partial charge is 0.338 e. The van der Waals surface area contributed by atoms with Crippen molar-refractivity contribution in [1.82, 2.24) is 4.90 Å². The highest BCUT2D eigenvalue weighted by atomic mass is 16.5. The predicted octanol–water partition coefficient (Wildman–Crippen LogP) is 3.49. The molecule has 110 valence electrons. The van der Waals surface area contributed by atoms with Crippen molar-refractivity contribution in [3.63, 3.8) is 0 Å². The van der Waals surface area contributed by atoms with Gasteiger partial charge in [0.25, 0.3) is 0 Å². The first-order valence-corrected chi connectivity index (χ1v) is 7.67. The molecule has 1 heterocycles. The number of ether oxygens (including phenoxy) is 1. The van der Waals surface area contributed by atoms with Crippen molar-refractivity contribution in [3.8, 4) is 0 Å². The highest BCUT2D eigenvalue weighted by molar-refractivity contribution is 5.89. The summed E-state index contributed by atoms with van der Waals surface area (Å²) in [7, 11) is 0. The van der Waals surface area contributed by atoms with Crippen LogP contribution < -0.4 is 0 Å². The van der Waals surface area contributed by atoms with E-state index >= 15 is 0 Å². The van der Waals surface area contributed by atoms with Gasteiger partial charge in [0.2, 0.25) is 0 Å². The summed E-state index contributed by atoms with van der Waals surface area (Å²) in [5.41, 5.74) is 1.92. The fraction of sp³-hybridized carbons (Fsp3) is 0.588. The number of hydrogen-bond acceptors (Lipinski definition) is 3. The summed E-state index contributed by atoms with van der Waals surface area (Å²) in [6, 6.07) is 7.84. The Morgan fingerprint density at radius 1 is 1.35 bits per heavy atom. The Balaban J connectivity index is 1.89. The molecule has 1 atom stereocenters. The fourth-order valence-electron chi connectivity index (χ4n) is 2.71. The largest absolute Gasteiger partial charge is 0.462 e. The van der Waals surface area contributed by atoms with Crippen LogP contribution in [-0.2, 0) is 11.3 Å². The lowest BCUT2D eigenvalue weighted by atomic mass is 9.99. The zero-order valence-corrected chi connectivity index (χ0v) is 12.6. The number of benzene rings is 1. The van der Waals surface area contributed by atoms with E-state index in [-0.39, 0.29) is 5.97 Å². The first-order valence-electron chi connectivity index (χ1n) is 7.67. The Morgan fingerprint density at radius 2 is 2.10 bits per heavy atom. The number of carbonyl (C=O) groups excluding carboxylic acids is 1. The lowest BCUT2D eigenvalue weighted by molar-refractivity contribution is 0.0505. The van der Waals surface area contributed by atoms with Gasteiger partial charge in [0.05, 0.1) is 12.2 Å². The van der Waals surface area contributed by atoms with E-state index in [1.54, 1.807) is 0 Å². The predicted molar refractivity (Wildman–Crippen MR) is 80.7 cm³/mol. The maximum atomic E-state index is 11.7. The number of rotatable bonds is 5. The Labute approximate surface area is 121 Å². The number of nitrogens with zero attached hydrogens (tertiary/aromatic N) is 1. The Morgan fingerprint density at radius 3 is 2.75 bits per heavy atom. The van der Waals surface area contributed by atoms with Crippen LogP contribution in [0.5, 0.6) is 0 Å². The molecule has 0 radical (unpaired) electrons. The number of likely N-dealkylation sites (tertiary alicyclic amines) is 1. The van der Waals surface area contributed by atoms with E-state index in [0.29, 0.717) is 12.2 Å². The van der Waals surface area contributed by atoms with Crippen LogP contribution in [0.1, 0.15) is 49.0 Å². The number of piperidine rings is 1. The summed E-state index contributed by atoms with van der Waals surface area (Å²) in [5.74, 6) is 0.581. The van der Waals surface area contributed by atoms with Gasteiger partial charge in [0.1, 0.15) is 0 Å². The number of esters is 1. The Bertz CT molecular complexity index is 427. The molecule has 2 rings (SSSR count). The van der Waals surface area contributed by atoms with E-state index < -0.39 is 0 Å². The van der Waals surface area contributed by atoms with E-state index in [1.165, 1.54) is 31.5 Å². The van der Waals surface area contributed by atoms with Crippen molar-refractivity contribution in [2.24, 2.45) is 5.92 Å². The van der Waals surface area contributed by atoms with Crippen LogP contribution >= 0.6 is 0 Å². The minimum Gasteiger partial charge on any atom is -0.462 e. The average molecular weight is 275 g/mol. The van der Waals surface area contributed by atoms with Crippen molar-refractivity contribution in [2.75, 3.05) is 19.7 Å². The van der Waals surface area contributed by atoms with Gasteiger partial charge in [0, 0.05) is 13.1 Å². The second kappa shape index (κ2) is 7.44. The molecule has 3 nitrogen and oxygen atoms in total. The van der Waals surface area contributed by atoms with Gasteiger partial charge in [-0.15, -0.1) is 0 Å². The first-order chi connectivity index (χ1) is 9.69. The lowest BCUT2D eigenvalue weighted by Gasteiger charge is -2.30. The maximum absolute atomic E-state index is 11.7. The van der Waals surface area contributed by atoms with E-state index in [0.717, 1.165) is 18.9 Å². The minimum atomic E-state index is -0.218. The number of carbonyl (C=O) groups is 1. The summed E-state index contributed by atoms with van der Waals surface area (Å²) in [6.45, 7) is 8.15. The Kier molecular flexibility index (Phi) is 5.60. The molecular formula is C17H25NO2. The summed E-state index contributed by atoms with van der Waals surface area (Å²) >= 11 is 0. The zero-order valence-electron chi connectivity index (χ0n) is 12.6. The van der Waals surface area contributed by atoms with E-state index in [1.807, 2.05) is 31.2 Å². The molecule has 3 heteroatoms. The van der Waals surface area contributed by atoms with Gasteiger partial charge in [0.15, 0.2) is 0 Å². The third kappa shape index (κ3) is 4.34. The molecule has 1 aromatic rings. The minimum absolute atomic E-state index is 0.218. The third-order valence-electron chi connectivity index (χ3n) is 3.77. The molecule has 1 unspecified atom stereocenters. The molecule has 0 aromatic heterocycles. The van der Waals surface area contributed by atoms with Gasteiger partial charge in [-0.05, 0) is 49.4 Å². The van der Waals surface area contributed by atoms with Gasteiger partial charge in [-0.25, -0.2) is 4.79 Å². The van der Waals surface area contributed by atoms with Crippen LogP contribution in [0.15, 0.2) is 24.3 Å². The lowest BCUT2D eigenvalue weighted by Crippen LogP contribution is -2.33. The quantitative estimate of drug-likeness (QED) is 0.770. The SMILES string of the molecule is CCCOC(=O)c1ccc(CN2CCCC(C)C2)cc1. The van der Waals surface area contributed by atoms with Crippen LogP contribution in [0.3, 0.4) is 0 Å². The van der Waals surface area contributed by atoms with E-state index in [4.69, 9.17) is 4.74 Å². The van der Waals surface area contributed by atoms with Gasteiger partial charge in [-0.2, -0.15) is 0 Å². The first kappa shape index (κ1) is 15.0. The zero-order chi connectivity index (χ0) is 14.4. The molecule has 1 saturated heterocycles. The van der Waals surface area contributed by atoms with Gasteiger partial charge in [-0.1, -0.05) is 26.0 Å². The van der Waals surface area contributed by atoms with Crippen LogP contribution in [0.4, 0.5) is 0 Å². The maximum Gasteiger partial charge on any atom is 0.338 e. The Hall–Kier alpha value is -1.35. The van der Waals surface area contributed by atoms with Crippen molar-refractivity contribution in [3.05, 3.63) is 35.4 Å². The van der Waals surface area contributed by atoms with Gasteiger partial charge in [-0.3, -0.25) is 4.90 Å². The summed E-state index contributed by atoms with van der Waals surface area (Å²) in [6.07, 6.45) is 3.50. The molecule has 0 saturated carbocycles. The second-order valence-electron chi connectivity index (χ2n) is 5.82. The normalized spacial score (nSPS) is 19.8. The molecule has 20 heavy (non-hydrogen) atoms. The van der Waals surface area contributed by atoms with Crippen LogP contribution in [0, 0.1) is 5.92 Å². The topological polar surface area (TPSA) is 29.5 Å². The summed E-state index contributed by atoms with van der Waals surface area (Å²) in [5, 5.41) is 0. The molecule has 1 aliphatic rings. The molecule has 1 aliphatic heterocycles. The van der Waals surface area contributed by atoms with E-state index in [2.05, 4.69) is 11.8 Å². The average Bonchev–Trinajstić information content (AvgIpc) is 2.45. The molecule has 0 bridgehead atoms. The molecule has 0 aliphatic carbocycles. The molecule has 1 fully saturated rings. The van der Waals surface area contributed by atoms with Crippen LogP contribution in [0.25, 0.3) is 0 Å². The summed E-state index contributed by atoms with van der Waals surface area (Å²) in [4.78, 5) is 14.2. The van der Waals surface area contributed by atoms with Gasteiger partial charge < -0.3 is 4.74 Å². The van der Waals surface area contributed by atoms with E-state index in [9.17, 15) is 4.79 Å². The highest BCUT2D eigenvalue weighted by Gasteiger charge is 2.16. The molecule has 0 spiro atoms. The van der Waals surface area contributed by atoms with Crippen molar-refractivity contribution in [1.29, 1.82) is 0 Å². The molecule has 0 N–H and O–H groups in total. The summed E-state index contributed by atoms with van der Waals surface area (Å²) < 4.78 is 5.13. The van der Waals surface area contributed by atoms with Crippen molar-refractivity contribution in [2.45, 2.75) is 39.7 Å². The standard InChI is InChI=1S/C17H25NO2/c1-3-11-20-17(19)16-8-6-15(7-9-16)13-18-10-4-5-14(2)12-18/h6-9,14H,3-5,10-13H2,1-2H3.